The molecule has 0 saturated carbocycles. The van der Waals surface area contributed by atoms with Gasteiger partial charge in [-0.25, -0.2) is 0 Å². The number of halogens is 3. The highest BCUT2D eigenvalue weighted by Crippen LogP contribution is 2.20. The zero-order valence-electron chi connectivity index (χ0n) is 10.3. The molecule has 0 atom stereocenters. The lowest BCUT2D eigenvalue weighted by Crippen LogP contribution is -2.25. The van der Waals surface area contributed by atoms with Gasteiger partial charge in [-0.2, -0.15) is 13.2 Å². The first-order valence-electron chi connectivity index (χ1n) is 5.75. The fraction of sp³-hybridized carbons (Fsp3) is 0.818. The van der Waals surface area contributed by atoms with E-state index in [1.165, 1.54) is 7.11 Å². The Morgan fingerprint density at radius 1 is 1.11 bits per heavy atom. The van der Waals surface area contributed by atoms with Gasteiger partial charge in [-0.1, -0.05) is 6.42 Å². The van der Waals surface area contributed by atoms with Crippen LogP contribution in [0.25, 0.3) is 0 Å². The van der Waals surface area contributed by atoms with E-state index in [1.807, 2.05) is 0 Å². The lowest BCUT2D eigenvalue weighted by atomic mass is 10.2. The highest BCUT2D eigenvalue weighted by atomic mass is 19.4. The van der Waals surface area contributed by atoms with Crippen molar-refractivity contribution >= 4 is 11.9 Å². The Morgan fingerprint density at radius 2 is 1.78 bits per heavy atom. The van der Waals surface area contributed by atoms with Gasteiger partial charge in [0.1, 0.15) is 0 Å². The molecule has 0 saturated heterocycles. The summed E-state index contributed by atoms with van der Waals surface area (Å²) in [5.41, 5.74) is 0. The number of unbranched alkanes of at least 4 members (excludes halogenated alkanes) is 2. The molecule has 0 unspecified atom stereocenters. The lowest BCUT2D eigenvalue weighted by molar-refractivity contribution is -0.144. The smallest absolute Gasteiger partial charge is 0.389 e. The Labute approximate surface area is 104 Å². The Kier molecular flexibility index (Phi) is 8.15. The molecule has 0 aliphatic heterocycles. The van der Waals surface area contributed by atoms with Gasteiger partial charge < -0.3 is 10.1 Å². The van der Waals surface area contributed by atoms with E-state index in [-0.39, 0.29) is 5.97 Å². The molecule has 0 radical (unpaired) electrons. The van der Waals surface area contributed by atoms with Crippen molar-refractivity contribution in [2.75, 3.05) is 13.7 Å². The molecule has 7 heteroatoms. The molecule has 0 aromatic heterocycles. The first-order valence-corrected chi connectivity index (χ1v) is 5.75. The molecule has 0 aromatic rings. The third-order valence-corrected chi connectivity index (χ3v) is 2.24. The van der Waals surface area contributed by atoms with Crippen molar-refractivity contribution in [3.8, 4) is 0 Å². The van der Waals surface area contributed by atoms with Crippen molar-refractivity contribution in [3.63, 3.8) is 0 Å². The topological polar surface area (TPSA) is 55.4 Å². The van der Waals surface area contributed by atoms with Gasteiger partial charge in [-0.15, -0.1) is 0 Å². The van der Waals surface area contributed by atoms with Crippen LogP contribution in [0.1, 0.15) is 38.5 Å². The second kappa shape index (κ2) is 8.77. The average molecular weight is 269 g/mol. The van der Waals surface area contributed by atoms with E-state index in [0.717, 1.165) is 0 Å². The number of alkyl halides is 3. The molecule has 1 N–H and O–H groups in total. The number of carbonyl (C=O) groups excluding carboxylic acids is 2. The zero-order valence-corrected chi connectivity index (χ0v) is 10.3. The van der Waals surface area contributed by atoms with Gasteiger partial charge in [0.2, 0.25) is 5.91 Å². The first-order chi connectivity index (χ1) is 8.35. The van der Waals surface area contributed by atoms with Crippen LogP contribution in [0.15, 0.2) is 0 Å². The summed E-state index contributed by atoms with van der Waals surface area (Å²) in [7, 11) is 1.31. The van der Waals surface area contributed by atoms with E-state index >= 15 is 0 Å². The SMILES string of the molecule is COC(=O)CCCCCNC(=O)CCC(F)(F)F. The maximum absolute atomic E-state index is 11.8. The lowest BCUT2D eigenvalue weighted by Gasteiger charge is -2.07. The summed E-state index contributed by atoms with van der Waals surface area (Å²) in [5.74, 6) is -0.885. The van der Waals surface area contributed by atoms with E-state index in [9.17, 15) is 22.8 Å². The second-order valence-corrected chi connectivity index (χ2v) is 3.85. The number of amides is 1. The maximum atomic E-state index is 11.8. The van der Waals surface area contributed by atoms with Gasteiger partial charge in [-0.3, -0.25) is 9.59 Å². The summed E-state index contributed by atoms with van der Waals surface area (Å²) >= 11 is 0. The number of methoxy groups -OCH3 is 1. The monoisotopic (exact) mass is 269 g/mol. The number of carbonyl (C=O) groups is 2. The summed E-state index contributed by atoms with van der Waals surface area (Å²) in [6, 6.07) is 0. The molecule has 4 nitrogen and oxygen atoms in total. The molecule has 0 rings (SSSR count). The number of hydrogen-bond donors (Lipinski definition) is 1. The molecule has 0 spiro atoms. The minimum absolute atomic E-state index is 0.288. The van der Waals surface area contributed by atoms with Gasteiger partial charge in [-0.05, 0) is 12.8 Å². The van der Waals surface area contributed by atoms with Crippen LogP contribution in [0.2, 0.25) is 0 Å². The average Bonchev–Trinajstić information content (AvgIpc) is 2.29. The summed E-state index contributed by atoms with van der Waals surface area (Å²) < 4.78 is 39.8. The van der Waals surface area contributed by atoms with Crippen molar-refractivity contribution in [2.45, 2.75) is 44.7 Å². The van der Waals surface area contributed by atoms with Crippen LogP contribution in [0, 0.1) is 0 Å². The molecule has 1 amide bonds. The molecule has 0 bridgehead atoms. The van der Waals surface area contributed by atoms with Crippen LogP contribution in [-0.2, 0) is 14.3 Å². The number of esters is 1. The molecule has 18 heavy (non-hydrogen) atoms. The van der Waals surface area contributed by atoms with E-state index in [4.69, 9.17) is 0 Å². The predicted octanol–water partition coefficient (Wildman–Crippen LogP) is 2.18. The molecule has 0 aromatic carbocycles. The third-order valence-electron chi connectivity index (χ3n) is 2.24. The first kappa shape index (κ1) is 16.7. The van der Waals surface area contributed by atoms with E-state index in [1.54, 1.807) is 0 Å². The normalized spacial score (nSPS) is 11.1. The second-order valence-electron chi connectivity index (χ2n) is 3.85. The number of nitrogens with one attached hydrogen (secondary N) is 1. The molecule has 0 heterocycles. The van der Waals surface area contributed by atoms with Crippen molar-refractivity contribution in [1.82, 2.24) is 5.32 Å². The summed E-state index contributed by atoms with van der Waals surface area (Å²) in [5, 5.41) is 2.40. The molecular weight excluding hydrogens is 251 g/mol. The third kappa shape index (κ3) is 11.2. The van der Waals surface area contributed by atoms with Gasteiger partial charge >= 0.3 is 12.1 Å². The van der Waals surface area contributed by atoms with Crippen LogP contribution in [0.3, 0.4) is 0 Å². The maximum Gasteiger partial charge on any atom is 0.389 e. The highest BCUT2D eigenvalue weighted by molar-refractivity contribution is 5.75. The molecule has 106 valence electrons. The highest BCUT2D eigenvalue weighted by Gasteiger charge is 2.27. The minimum atomic E-state index is -4.29. The van der Waals surface area contributed by atoms with Crippen molar-refractivity contribution in [2.24, 2.45) is 0 Å². The molecule has 0 fully saturated rings. The van der Waals surface area contributed by atoms with Crippen molar-refractivity contribution in [1.29, 1.82) is 0 Å². The van der Waals surface area contributed by atoms with Gasteiger partial charge in [0, 0.05) is 19.4 Å². The number of rotatable bonds is 8. The summed E-state index contributed by atoms with van der Waals surface area (Å²) in [6.45, 7) is 0.331. The Bertz CT molecular complexity index is 267. The Balaban J connectivity index is 3.38. The zero-order chi connectivity index (χ0) is 14.0. The number of ether oxygens (including phenoxy) is 1. The molecule has 0 aliphatic rings. The van der Waals surface area contributed by atoms with E-state index in [2.05, 4.69) is 10.1 Å². The van der Waals surface area contributed by atoms with Gasteiger partial charge in [0.05, 0.1) is 13.5 Å². The van der Waals surface area contributed by atoms with Gasteiger partial charge in [0.25, 0.3) is 0 Å². The van der Waals surface area contributed by atoms with Crippen molar-refractivity contribution in [3.05, 3.63) is 0 Å². The van der Waals surface area contributed by atoms with Crippen LogP contribution >= 0.6 is 0 Å². The van der Waals surface area contributed by atoms with Crippen molar-refractivity contribution < 1.29 is 27.5 Å². The number of hydrogen-bond acceptors (Lipinski definition) is 3. The predicted molar refractivity (Wildman–Crippen MR) is 58.8 cm³/mol. The Hall–Kier alpha value is -1.27. The summed E-state index contributed by atoms with van der Waals surface area (Å²) in [6.07, 6.45) is -3.61. The van der Waals surface area contributed by atoms with Crippen LogP contribution in [0.5, 0.6) is 0 Å². The van der Waals surface area contributed by atoms with Crippen LogP contribution in [-0.4, -0.2) is 31.7 Å². The fourth-order valence-electron chi connectivity index (χ4n) is 1.24. The standard InChI is InChI=1S/C11H18F3NO3/c1-18-10(17)5-3-2-4-8-15-9(16)6-7-11(12,13)14/h2-8H2,1H3,(H,15,16). The van der Waals surface area contributed by atoms with Gasteiger partial charge in [0.15, 0.2) is 0 Å². The summed E-state index contributed by atoms with van der Waals surface area (Å²) in [4.78, 5) is 21.7. The molecule has 0 aliphatic carbocycles. The van der Waals surface area contributed by atoms with Crippen LogP contribution < -0.4 is 5.32 Å². The molecular formula is C11H18F3NO3. The quantitative estimate of drug-likeness (QED) is 0.543. The van der Waals surface area contributed by atoms with E-state index < -0.39 is 24.9 Å². The van der Waals surface area contributed by atoms with Crippen LogP contribution in [0.4, 0.5) is 13.2 Å². The minimum Gasteiger partial charge on any atom is -0.469 e. The largest absolute Gasteiger partial charge is 0.469 e. The Morgan fingerprint density at radius 3 is 2.33 bits per heavy atom. The van der Waals surface area contributed by atoms with E-state index in [0.29, 0.717) is 32.2 Å². The fourth-order valence-corrected chi connectivity index (χ4v) is 1.24.